The summed E-state index contributed by atoms with van der Waals surface area (Å²) in [4.78, 5) is 4.01. The Morgan fingerprint density at radius 2 is 2.00 bits per heavy atom. The highest BCUT2D eigenvalue weighted by Crippen LogP contribution is 2.27. The van der Waals surface area contributed by atoms with E-state index in [0.717, 1.165) is 16.8 Å². The lowest BCUT2D eigenvalue weighted by atomic mass is 10.2. The zero-order valence-electron chi connectivity index (χ0n) is 11.4. The minimum atomic E-state index is 0.0445. The van der Waals surface area contributed by atoms with E-state index in [4.69, 9.17) is 33.2 Å². The van der Waals surface area contributed by atoms with Crippen LogP contribution in [0.1, 0.15) is 11.1 Å². The smallest absolute Gasteiger partial charge is 0.174 e. The number of halogens is 2. The van der Waals surface area contributed by atoms with E-state index >= 15 is 0 Å². The largest absolute Gasteiger partial charge is 0.479 e. The Morgan fingerprint density at radius 1 is 1.29 bits per heavy atom. The maximum Gasteiger partial charge on any atom is 0.174 e. The molecule has 0 fully saturated rings. The Hall–Kier alpha value is -1.96. The molecule has 0 saturated heterocycles. The number of nitrogens with zero attached hydrogens (tertiary/aromatic N) is 2. The third-order valence-electron chi connectivity index (χ3n) is 2.84. The van der Waals surface area contributed by atoms with Crippen LogP contribution in [0.4, 0.5) is 5.69 Å². The lowest BCUT2D eigenvalue weighted by Crippen LogP contribution is -2.03. The zero-order chi connectivity index (χ0) is 15.2. The third-order valence-corrected chi connectivity index (χ3v) is 3.30. The Morgan fingerprint density at radius 3 is 2.62 bits per heavy atom. The van der Waals surface area contributed by atoms with Gasteiger partial charge in [0.25, 0.3) is 0 Å². The van der Waals surface area contributed by atoms with Crippen LogP contribution in [0, 0.1) is 18.3 Å². The van der Waals surface area contributed by atoms with Crippen molar-refractivity contribution in [3.05, 3.63) is 51.8 Å². The molecule has 6 heteroatoms. The van der Waals surface area contributed by atoms with Crippen molar-refractivity contribution in [2.24, 2.45) is 0 Å². The monoisotopic (exact) mass is 321 g/mol. The SMILES string of the molecule is Cc1cc(Cl)nc(Cl)c1NCc1ccc(OCC#N)cc1. The molecule has 2 rings (SSSR count). The average Bonchev–Trinajstić information content (AvgIpc) is 2.45. The lowest BCUT2D eigenvalue weighted by molar-refractivity contribution is 0.368. The molecule has 0 aliphatic rings. The maximum atomic E-state index is 8.45. The number of hydrogen-bond donors (Lipinski definition) is 1. The number of nitrogens with one attached hydrogen (secondary N) is 1. The van der Waals surface area contributed by atoms with E-state index in [-0.39, 0.29) is 6.61 Å². The van der Waals surface area contributed by atoms with Gasteiger partial charge in [0.05, 0.1) is 5.69 Å². The topological polar surface area (TPSA) is 57.9 Å². The van der Waals surface area contributed by atoms with Gasteiger partial charge < -0.3 is 10.1 Å². The van der Waals surface area contributed by atoms with Crippen LogP contribution in [0.5, 0.6) is 5.75 Å². The van der Waals surface area contributed by atoms with Gasteiger partial charge >= 0.3 is 0 Å². The highest BCUT2D eigenvalue weighted by atomic mass is 35.5. The molecule has 0 bridgehead atoms. The molecule has 1 aromatic heterocycles. The number of anilines is 1. The fraction of sp³-hybridized carbons (Fsp3) is 0.200. The van der Waals surface area contributed by atoms with Crippen LogP contribution in [0.2, 0.25) is 10.3 Å². The van der Waals surface area contributed by atoms with E-state index in [1.165, 1.54) is 0 Å². The number of hydrogen-bond acceptors (Lipinski definition) is 4. The molecule has 0 amide bonds. The summed E-state index contributed by atoms with van der Waals surface area (Å²) in [6.07, 6.45) is 0. The first kappa shape index (κ1) is 15.4. The first-order valence-electron chi connectivity index (χ1n) is 6.25. The molecule has 2 aromatic rings. The maximum absolute atomic E-state index is 8.45. The second kappa shape index (κ2) is 7.16. The summed E-state index contributed by atoms with van der Waals surface area (Å²) >= 11 is 11.9. The number of benzene rings is 1. The fourth-order valence-electron chi connectivity index (χ4n) is 1.82. The van der Waals surface area contributed by atoms with Crippen LogP contribution in [-0.2, 0) is 6.54 Å². The molecule has 0 saturated carbocycles. The molecule has 0 radical (unpaired) electrons. The molecule has 0 spiro atoms. The van der Waals surface area contributed by atoms with Crippen LogP contribution in [0.15, 0.2) is 30.3 Å². The van der Waals surface area contributed by atoms with Crippen molar-refractivity contribution in [3.63, 3.8) is 0 Å². The van der Waals surface area contributed by atoms with Gasteiger partial charge in [-0.25, -0.2) is 4.98 Å². The lowest BCUT2D eigenvalue weighted by Gasteiger charge is -2.11. The summed E-state index contributed by atoms with van der Waals surface area (Å²) in [6, 6.07) is 11.2. The number of aryl methyl sites for hydroxylation is 1. The molecular formula is C15H13Cl2N3O. The molecule has 4 nitrogen and oxygen atoms in total. The molecule has 1 aromatic carbocycles. The van der Waals surface area contributed by atoms with Gasteiger partial charge in [-0.15, -0.1) is 0 Å². The molecule has 1 heterocycles. The molecule has 1 N–H and O–H groups in total. The minimum Gasteiger partial charge on any atom is -0.479 e. The highest BCUT2D eigenvalue weighted by molar-refractivity contribution is 6.34. The Kier molecular flexibility index (Phi) is 5.26. The predicted octanol–water partition coefficient (Wildman–Crippen LogP) is 4.21. The predicted molar refractivity (Wildman–Crippen MR) is 83.9 cm³/mol. The van der Waals surface area contributed by atoms with Crippen LogP contribution < -0.4 is 10.1 Å². The number of rotatable bonds is 5. The first-order valence-corrected chi connectivity index (χ1v) is 7.01. The van der Waals surface area contributed by atoms with E-state index in [2.05, 4.69) is 10.3 Å². The minimum absolute atomic E-state index is 0.0445. The van der Waals surface area contributed by atoms with Crippen molar-refractivity contribution in [2.45, 2.75) is 13.5 Å². The van der Waals surface area contributed by atoms with Crippen molar-refractivity contribution in [3.8, 4) is 11.8 Å². The molecular weight excluding hydrogens is 309 g/mol. The quantitative estimate of drug-likeness (QED) is 0.838. The Bertz CT molecular complexity index is 643. The van der Waals surface area contributed by atoms with E-state index in [0.29, 0.717) is 22.6 Å². The molecule has 108 valence electrons. The van der Waals surface area contributed by atoms with Crippen LogP contribution in [0.3, 0.4) is 0 Å². The molecule has 0 unspecified atom stereocenters. The van der Waals surface area contributed by atoms with Crippen LogP contribution >= 0.6 is 23.2 Å². The summed E-state index contributed by atoms with van der Waals surface area (Å²) in [5, 5.41) is 12.4. The standard InChI is InChI=1S/C15H13Cl2N3O/c1-10-8-13(16)20-15(17)14(10)19-9-11-2-4-12(5-3-11)21-7-6-18/h2-5,8,19H,7,9H2,1H3. The van der Waals surface area contributed by atoms with Gasteiger partial charge in [-0.1, -0.05) is 35.3 Å². The van der Waals surface area contributed by atoms with Crippen molar-refractivity contribution in [1.82, 2.24) is 4.98 Å². The Balaban J connectivity index is 2.02. The molecule has 21 heavy (non-hydrogen) atoms. The summed E-state index contributed by atoms with van der Waals surface area (Å²) in [5.74, 6) is 0.669. The molecule has 0 atom stereocenters. The van der Waals surface area contributed by atoms with Gasteiger partial charge in [0, 0.05) is 6.54 Å². The number of pyridine rings is 1. The molecule has 0 aliphatic heterocycles. The fourth-order valence-corrected chi connectivity index (χ4v) is 2.42. The van der Waals surface area contributed by atoms with Gasteiger partial charge in [0.2, 0.25) is 0 Å². The number of nitriles is 1. The number of aromatic nitrogens is 1. The zero-order valence-corrected chi connectivity index (χ0v) is 12.9. The van der Waals surface area contributed by atoms with Crippen LogP contribution in [-0.4, -0.2) is 11.6 Å². The summed E-state index contributed by atoms with van der Waals surface area (Å²) in [5.41, 5.74) is 2.77. The second-order valence-corrected chi connectivity index (χ2v) is 5.12. The van der Waals surface area contributed by atoms with Crippen LogP contribution in [0.25, 0.3) is 0 Å². The highest BCUT2D eigenvalue weighted by Gasteiger charge is 2.07. The second-order valence-electron chi connectivity index (χ2n) is 4.37. The summed E-state index contributed by atoms with van der Waals surface area (Å²) in [7, 11) is 0. The van der Waals surface area contributed by atoms with E-state index < -0.39 is 0 Å². The van der Waals surface area contributed by atoms with Crippen molar-refractivity contribution >= 4 is 28.9 Å². The van der Waals surface area contributed by atoms with Crippen molar-refractivity contribution in [1.29, 1.82) is 5.26 Å². The first-order chi connectivity index (χ1) is 10.1. The van der Waals surface area contributed by atoms with Gasteiger partial charge in [-0.3, -0.25) is 0 Å². The van der Waals surface area contributed by atoms with Gasteiger partial charge in [0.1, 0.15) is 17.0 Å². The summed E-state index contributed by atoms with van der Waals surface area (Å²) in [6.45, 7) is 2.56. The van der Waals surface area contributed by atoms with Gasteiger partial charge in [0.15, 0.2) is 11.8 Å². The van der Waals surface area contributed by atoms with Gasteiger partial charge in [-0.2, -0.15) is 5.26 Å². The normalized spacial score (nSPS) is 10.0. The van der Waals surface area contributed by atoms with Crippen molar-refractivity contribution in [2.75, 3.05) is 11.9 Å². The Labute approximate surface area is 133 Å². The van der Waals surface area contributed by atoms with E-state index in [1.807, 2.05) is 37.3 Å². The average molecular weight is 322 g/mol. The van der Waals surface area contributed by atoms with E-state index in [1.54, 1.807) is 6.07 Å². The van der Waals surface area contributed by atoms with E-state index in [9.17, 15) is 0 Å². The summed E-state index contributed by atoms with van der Waals surface area (Å²) < 4.78 is 5.20. The third kappa shape index (κ3) is 4.25. The van der Waals surface area contributed by atoms with Gasteiger partial charge in [-0.05, 0) is 36.2 Å². The molecule has 0 aliphatic carbocycles. The van der Waals surface area contributed by atoms with Crippen molar-refractivity contribution < 1.29 is 4.74 Å². The number of ether oxygens (including phenoxy) is 1.